The van der Waals surface area contributed by atoms with Crippen molar-refractivity contribution in [1.82, 2.24) is 0 Å². The van der Waals surface area contributed by atoms with Crippen LogP contribution >= 0.6 is 15.9 Å². The van der Waals surface area contributed by atoms with E-state index in [1.54, 1.807) is 6.07 Å². The fourth-order valence-corrected chi connectivity index (χ4v) is 2.45. The minimum atomic E-state index is -0.144. The fourth-order valence-electron chi connectivity index (χ4n) is 1.72. The van der Waals surface area contributed by atoms with Gasteiger partial charge in [0, 0.05) is 5.92 Å². The summed E-state index contributed by atoms with van der Waals surface area (Å²) in [5, 5.41) is 8.94. The van der Waals surface area contributed by atoms with Gasteiger partial charge in [-0.05, 0) is 30.9 Å². The number of hydrogen-bond donors (Lipinski definition) is 0. The van der Waals surface area contributed by atoms with E-state index in [4.69, 9.17) is 5.26 Å². The van der Waals surface area contributed by atoms with E-state index in [1.807, 2.05) is 18.2 Å². The summed E-state index contributed by atoms with van der Waals surface area (Å²) in [6.07, 6.45) is 2.67. The number of rotatable bonds is 4. The van der Waals surface area contributed by atoms with Crippen molar-refractivity contribution in [2.45, 2.75) is 24.1 Å². The minimum absolute atomic E-state index is 0.144. The van der Waals surface area contributed by atoms with E-state index in [0.29, 0.717) is 12.0 Å². The molecule has 0 N–H and O–H groups in total. The van der Waals surface area contributed by atoms with Crippen molar-refractivity contribution in [3.63, 3.8) is 0 Å². The quantitative estimate of drug-likeness (QED) is 0.794. The van der Waals surface area contributed by atoms with E-state index in [2.05, 4.69) is 22.0 Å². The fraction of sp³-hybridized carbons (Fsp3) is 0.385. The Labute approximate surface area is 103 Å². The molecule has 1 aliphatic carbocycles. The number of Topliss-reactive ketones (excluding diaryl/α,β-unsaturated/α-hetero) is 1. The Balaban J connectivity index is 2.08. The molecule has 0 aliphatic heterocycles. The highest BCUT2D eigenvalue weighted by atomic mass is 79.9. The highest BCUT2D eigenvalue weighted by Crippen LogP contribution is 2.33. The predicted octanol–water partition coefficient (Wildman–Crippen LogP) is 2.84. The second kappa shape index (κ2) is 4.80. The number of benzene rings is 1. The summed E-state index contributed by atoms with van der Waals surface area (Å²) in [5.74, 6) is 0.548. The lowest BCUT2D eigenvalue weighted by molar-refractivity contribution is -0.119. The van der Waals surface area contributed by atoms with E-state index in [-0.39, 0.29) is 16.5 Å². The first-order valence-corrected chi connectivity index (χ1v) is 6.29. The molecule has 0 amide bonds. The predicted molar refractivity (Wildman–Crippen MR) is 65.3 cm³/mol. The number of halogens is 1. The third-order valence-corrected chi connectivity index (χ3v) is 3.60. The van der Waals surface area contributed by atoms with Gasteiger partial charge in [-0.1, -0.05) is 34.1 Å². The molecule has 82 valence electrons. The van der Waals surface area contributed by atoms with Crippen LogP contribution in [-0.4, -0.2) is 10.6 Å². The Kier molecular flexibility index (Phi) is 3.40. The summed E-state index contributed by atoms with van der Waals surface area (Å²) in [7, 11) is 0. The van der Waals surface area contributed by atoms with E-state index < -0.39 is 0 Å². The first-order chi connectivity index (χ1) is 7.72. The van der Waals surface area contributed by atoms with Crippen LogP contribution < -0.4 is 0 Å². The van der Waals surface area contributed by atoms with E-state index in [1.165, 1.54) is 0 Å². The Morgan fingerprint density at radius 1 is 1.50 bits per heavy atom. The maximum absolute atomic E-state index is 11.8. The van der Waals surface area contributed by atoms with Crippen LogP contribution in [0.15, 0.2) is 24.3 Å². The van der Waals surface area contributed by atoms with Crippen molar-refractivity contribution in [3.8, 4) is 6.07 Å². The summed E-state index contributed by atoms with van der Waals surface area (Å²) in [5.41, 5.74) is 1.61. The molecular weight excluding hydrogens is 266 g/mol. The van der Waals surface area contributed by atoms with Gasteiger partial charge in [0.15, 0.2) is 0 Å². The van der Waals surface area contributed by atoms with Gasteiger partial charge in [0.2, 0.25) is 0 Å². The molecule has 2 nitrogen and oxygen atoms in total. The van der Waals surface area contributed by atoms with Gasteiger partial charge in [0.25, 0.3) is 0 Å². The monoisotopic (exact) mass is 277 g/mol. The zero-order chi connectivity index (χ0) is 11.5. The van der Waals surface area contributed by atoms with Crippen LogP contribution in [0.2, 0.25) is 0 Å². The largest absolute Gasteiger partial charge is 0.298 e. The van der Waals surface area contributed by atoms with Crippen molar-refractivity contribution in [3.05, 3.63) is 35.4 Å². The molecule has 2 rings (SSSR count). The normalized spacial score (nSPS) is 16.5. The maximum Gasteiger partial charge on any atom is 0.149 e. The average molecular weight is 278 g/mol. The smallest absolute Gasteiger partial charge is 0.149 e. The van der Waals surface area contributed by atoms with Crippen molar-refractivity contribution in [2.75, 3.05) is 0 Å². The lowest BCUT2D eigenvalue weighted by atomic mass is 10.0. The van der Waals surface area contributed by atoms with Crippen LogP contribution in [0.3, 0.4) is 0 Å². The zero-order valence-corrected chi connectivity index (χ0v) is 10.4. The second-order valence-corrected chi connectivity index (χ2v) is 5.22. The summed E-state index contributed by atoms with van der Waals surface area (Å²) >= 11 is 3.42. The van der Waals surface area contributed by atoms with Crippen molar-refractivity contribution in [1.29, 1.82) is 5.26 Å². The standard InChI is InChI=1S/C13H12BrNO/c14-12(13(16)9-5-6-9)7-10-3-1-2-4-11(10)8-15/h1-4,9,12H,5-7H2. The highest BCUT2D eigenvalue weighted by molar-refractivity contribution is 9.10. The van der Waals surface area contributed by atoms with Crippen molar-refractivity contribution >= 4 is 21.7 Å². The average Bonchev–Trinajstić information content (AvgIpc) is 3.12. The second-order valence-electron chi connectivity index (χ2n) is 4.12. The summed E-state index contributed by atoms with van der Waals surface area (Å²) in [4.78, 5) is 11.6. The molecule has 0 bridgehead atoms. The minimum Gasteiger partial charge on any atom is -0.298 e. The van der Waals surface area contributed by atoms with Crippen LogP contribution in [-0.2, 0) is 11.2 Å². The Bertz CT molecular complexity index is 445. The molecule has 16 heavy (non-hydrogen) atoms. The lowest BCUT2D eigenvalue weighted by Crippen LogP contribution is -2.18. The van der Waals surface area contributed by atoms with Crippen LogP contribution in [0.5, 0.6) is 0 Å². The van der Waals surface area contributed by atoms with Gasteiger partial charge in [0.05, 0.1) is 16.5 Å². The van der Waals surface area contributed by atoms with Gasteiger partial charge >= 0.3 is 0 Å². The lowest BCUT2D eigenvalue weighted by Gasteiger charge is -2.09. The SMILES string of the molecule is N#Cc1ccccc1CC(Br)C(=O)C1CC1. The van der Waals surface area contributed by atoms with Gasteiger partial charge in [-0.25, -0.2) is 0 Å². The van der Waals surface area contributed by atoms with Crippen LogP contribution in [0.4, 0.5) is 0 Å². The number of carbonyl (C=O) groups excluding carboxylic acids is 1. The van der Waals surface area contributed by atoms with E-state index in [0.717, 1.165) is 18.4 Å². The first-order valence-electron chi connectivity index (χ1n) is 5.38. The van der Waals surface area contributed by atoms with Crippen LogP contribution in [0.1, 0.15) is 24.0 Å². The van der Waals surface area contributed by atoms with Crippen molar-refractivity contribution < 1.29 is 4.79 Å². The maximum atomic E-state index is 11.8. The van der Waals surface area contributed by atoms with Gasteiger partial charge in [-0.2, -0.15) is 5.26 Å². The first kappa shape index (κ1) is 11.3. The van der Waals surface area contributed by atoms with Crippen LogP contribution in [0, 0.1) is 17.2 Å². The Morgan fingerprint density at radius 2 is 2.19 bits per heavy atom. The highest BCUT2D eigenvalue weighted by Gasteiger charge is 2.33. The van der Waals surface area contributed by atoms with E-state index in [9.17, 15) is 4.79 Å². The zero-order valence-electron chi connectivity index (χ0n) is 8.82. The third-order valence-electron chi connectivity index (χ3n) is 2.83. The topological polar surface area (TPSA) is 40.9 Å². The van der Waals surface area contributed by atoms with Gasteiger partial charge in [-0.15, -0.1) is 0 Å². The summed E-state index contributed by atoms with van der Waals surface area (Å²) < 4.78 is 0. The molecule has 1 atom stereocenters. The number of carbonyl (C=O) groups is 1. The molecule has 1 fully saturated rings. The van der Waals surface area contributed by atoms with E-state index >= 15 is 0 Å². The van der Waals surface area contributed by atoms with Crippen LogP contribution in [0.25, 0.3) is 0 Å². The molecule has 1 aromatic carbocycles. The molecule has 0 heterocycles. The number of ketones is 1. The third kappa shape index (κ3) is 2.51. The Hall–Kier alpha value is -1.14. The molecule has 0 aromatic heterocycles. The van der Waals surface area contributed by atoms with Gasteiger partial charge in [-0.3, -0.25) is 4.79 Å². The molecule has 1 unspecified atom stereocenters. The molecule has 1 saturated carbocycles. The number of nitriles is 1. The number of nitrogens with zero attached hydrogens (tertiary/aromatic N) is 1. The molecular formula is C13H12BrNO. The molecule has 0 saturated heterocycles. The van der Waals surface area contributed by atoms with Gasteiger partial charge in [0.1, 0.15) is 5.78 Å². The van der Waals surface area contributed by atoms with Gasteiger partial charge < -0.3 is 0 Å². The molecule has 3 heteroatoms. The molecule has 1 aliphatic rings. The summed E-state index contributed by atoms with van der Waals surface area (Å²) in [6.45, 7) is 0. The molecule has 0 spiro atoms. The Morgan fingerprint density at radius 3 is 2.81 bits per heavy atom. The molecule has 0 radical (unpaired) electrons. The summed E-state index contributed by atoms with van der Waals surface area (Å²) in [6, 6.07) is 9.59. The van der Waals surface area contributed by atoms with Crippen molar-refractivity contribution in [2.24, 2.45) is 5.92 Å². The number of alkyl halides is 1. The molecule has 1 aromatic rings. The number of hydrogen-bond acceptors (Lipinski definition) is 2.